The average Bonchev–Trinajstić information content (AvgIpc) is 2.48. The number of carbonyl (C=O) groups is 1. The van der Waals surface area contributed by atoms with E-state index in [9.17, 15) is 4.79 Å². The van der Waals surface area contributed by atoms with Gasteiger partial charge in [-0.1, -0.05) is 24.3 Å². The van der Waals surface area contributed by atoms with Gasteiger partial charge in [0, 0.05) is 24.0 Å². The topological polar surface area (TPSA) is 40.5 Å². The lowest BCUT2D eigenvalue weighted by molar-refractivity contribution is -0.131. The number of carboxylic acid groups (broad SMARTS) is 1. The SMILES string of the molecule is CCN(c1ccccc1)c1ccc(C=CC(=O)O)c(C)c1. The molecule has 0 aliphatic rings. The molecular formula is C18H19NO2. The van der Waals surface area contributed by atoms with Crippen LogP contribution >= 0.6 is 0 Å². The fourth-order valence-electron chi connectivity index (χ4n) is 2.30. The predicted octanol–water partition coefficient (Wildman–Crippen LogP) is 4.25. The maximum atomic E-state index is 10.6. The predicted molar refractivity (Wildman–Crippen MR) is 87.0 cm³/mol. The van der Waals surface area contributed by atoms with E-state index in [1.807, 2.05) is 37.3 Å². The summed E-state index contributed by atoms with van der Waals surface area (Å²) >= 11 is 0. The molecule has 2 rings (SSSR count). The number of rotatable bonds is 5. The third-order valence-electron chi connectivity index (χ3n) is 3.35. The molecular weight excluding hydrogens is 262 g/mol. The number of hydrogen-bond donors (Lipinski definition) is 1. The Kier molecular flexibility index (Phi) is 4.77. The molecule has 0 atom stereocenters. The first-order valence-corrected chi connectivity index (χ1v) is 6.96. The Hall–Kier alpha value is -2.55. The highest BCUT2D eigenvalue weighted by atomic mass is 16.4. The van der Waals surface area contributed by atoms with Gasteiger partial charge in [0.1, 0.15) is 0 Å². The van der Waals surface area contributed by atoms with Gasteiger partial charge < -0.3 is 10.0 Å². The van der Waals surface area contributed by atoms with Gasteiger partial charge >= 0.3 is 5.97 Å². The molecule has 0 saturated heterocycles. The van der Waals surface area contributed by atoms with Crippen molar-refractivity contribution >= 4 is 23.4 Å². The van der Waals surface area contributed by atoms with Crippen molar-refractivity contribution < 1.29 is 9.90 Å². The Bertz CT molecular complexity index is 648. The van der Waals surface area contributed by atoms with Gasteiger partial charge in [-0.2, -0.15) is 0 Å². The zero-order valence-corrected chi connectivity index (χ0v) is 12.3. The van der Waals surface area contributed by atoms with Crippen molar-refractivity contribution in [2.45, 2.75) is 13.8 Å². The van der Waals surface area contributed by atoms with Crippen LogP contribution in [-0.4, -0.2) is 17.6 Å². The second-order valence-corrected chi connectivity index (χ2v) is 4.79. The molecule has 0 aliphatic heterocycles. The lowest BCUT2D eigenvalue weighted by Crippen LogP contribution is -2.15. The van der Waals surface area contributed by atoms with E-state index in [-0.39, 0.29) is 0 Å². The largest absolute Gasteiger partial charge is 0.478 e. The van der Waals surface area contributed by atoms with Crippen LogP contribution in [0.4, 0.5) is 11.4 Å². The van der Waals surface area contributed by atoms with Crippen molar-refractivity contribution in [1.82, 2.24) is 0 Å². The summed E-state index contributed by atoms with van der Waals surface area (Å²) in [5.41, 5.74) is 4.23. The summed E-state index contributed by atoms with van der Waals surface area (Å²) < 4.78 is 0. The first-order valence-electron chi connectivity index (χ1n) is 6.96. The maximum absolute atomic E-state index is 10.6. The smallest absolute Gasteiger partial charge is 0.328 e. The summed E-state index contributed by atoms with van der Waals surface area (Å²) in [7, 11) is 0. The minimum absolute atomic E-state index is 0.869. The number of para-hydroxylation sites is 1. The van der Waals surface area contributed by atoms with Gasteiger partial charge in [-0.3, -0.25) is 0 Å². The molecule has 0 bridgehead atoms. The molecule has 0 aliphatic carbocycles. The average molecular weight is 281 g/mol. The summed E-state index contributed by atoms with van der Waals surface area (Å²) in [6, 6.07) is 16.3. The number of hydrogen-bond acceptors (Lipinski definition) is 2. The number of carboxylic acids is 1. The molecule has 0 radical (unpaired) electrons. The summed E-state index contributed by atoms with van der Waals surface area (Å²) in [6.45, 7) is 4.97. The van der Waals surface area contributed by atoms with Gasteiger partial charge in [-0.25, -0.2) is 4.79 Å². The minimum atomic E-state index is -0.932. The maximum Gasteiger partial charge on any atom is 0.328 e. The molecule has 0 amide bonds. The van der Waals surface area contributed by atoms with Gasteiger partial charge in [-0.15, -0.1) is 0 Å². The molecule has 0 spiro atoms. The van der Waals surface area contributed by atoms with E-state index in [4.69, 9.17) is 5.11 Å². The third-order valence-corrected chi connectivity index (χ3v) is 3.35. The Morgan fingerprint density at radius 3 is 2.43 bits per heavy atom. The second-order valence-electron chi connectivity index (χ2n) is 4.79. The molecule has 1 N–H and O–H groups in total. The number of nitrogens with zero attached hydrogens (tertiary/aromatic N) is 1. The van der Waals surface area contributed by atoms with Crippen molar-refractivity contribution in [3.8, 4) is 0 Å². The summed E-state index contributed by atoms with van der Waals surface area (Å²) in [5, 5.41) is 8.70. The van der Waals surface area contributed by atoms with Crippen LogP contribution < -0.4 is 4.90 Å². The fourth-order valence-corrected chi connectivity index (χ4v) is 2.30. The molecule has 21 heavy (non-hydrogen) atoms. The van der Waals surface area contributed by atoms with Gasteiger partial charge in [0.15, 0.2) is 0 Å². The van der Waals surface area contributed by atoms with Crippen LogP contribution in [0.3, 0.4) is 0 Å². The zero-order chi connectivity index (χ0) is 15.2. The fraction of sp³-hybridized carbons (Fsp3) is 0.167. The zero-order valence-electron chi connectivity index (χ0n) is 12.3. The van der Waals surface area contributed by atoms with Crippen LogP contribution in [0, 0.1) is 6.92 Å². The number of anilines is 2. The van der Waals surface area contributed by atoms with Crippen LogP contribution in [0.5, 0.6) is 0 Å². The van der Waals surface area contributed by atoms with Crippen molar-refractivity contribution in [2.75, 3.05) is 11.4 Å². The molecule has 0 heterocycles. The Morgan fingerprint density at radius 1 is 1.14 bits per heavy atom. The lowest BCUT2D eigenvalue weighted by Gasteiger charge is -2.24. The van der Waals surface area contributed by atoms with Crippen molar-refractivity contribution in [3.63, 3.8) is 0 Å². The van der Waals surface area contributed by atoms with Crippen molar-refractivity contribution in [2.24, 2.45) is 0 Å². The molecule has 0 aromatic heterocycles. The van der Waals surface area contributed by atoms with Crippen LogP contribution in [0.2, 0.25) is 0 Å². The Balaban J connectivity index is 2.32. The summed E-state index contributed by atoms with van der Waals surface area (Å²) in [5.74, 6) is -0.932. The van der Waals surface area contributed by atoms with E-state index in [1.54, 1.807) is 6.08 Å². The molecule has 2 aromatic rings. The van der Waals surface area contributed by atoms with Gasteiger partial charge in [0.2, 0.25) is 0 Å². The van der Waals surface area contributed by atoms with E-state index >= 15 is 0 Å². The molecule has 3 heteroatoms. The van der Waals surface area contributed by atoms with Crippen molar-refractivity contribution in [1.29, 1.82) is 0 Å². The third kappa shape index (κ3) is 3.72. The number of aryl methyl sites for hydroxylation is 1. The van der Waals surface area contributed by atoms with Crippen LogP contribution in [0.25, 0.3) is 6.08 Å². The van der Waals surface area contributed by atoms with Crippen LogP contribution in [0.1, 0.15) is 18.1 Å². The Labute approximate surface area is 125 Å². The lowest BCUT2D eigenvalue weighted by atomic mass is 10.1. The highest BCUT2D eigenvalue weighted by molar-refractivity contribution is 5.85. The molecule has 0 saturated carbocycles. The first kappa shape index (κ1) is 14.9. The summed E-state index contributed by atoms with van der Waals surface area (Å²) in [6.07, 6.45) is 2.79. The standard InChI is InChI=1S/C18H19NO2/c1-3-19(16-7-5-4-6-8-16)17-11-9-15(14(2)13-17)10-12-18(20)21/h4-13H,3H2,1-2H3,(H,20,21). The summed E-state index contributed by atoms with van der Waals surface area (Å²) in [4.78, 5) is 12.8. The number of aliphatic carboxylic acids is 1. The van der Waals surface area contributed by atoms with E-state index < -0.39 is 5.97 Å². The molecule has 108 valence electrons. The minimum Gasteiger partial charge on any atom is -0.478 e. The monoisotopic (exact) mass is 281 g/mol. The highest BCUT2D eigenvalue weighted by Gasteiger charge is 2.07. The number of benzene rings is 2. The van der Waals surface area contributed by atoms with Gasteiger partial charge in [0.05, 0.1) is 0 Å². The molecule has 0 unspecified atom stereocenters. The molecule has 3 nitrogen and oxygen atoms in total. The van der Waals surface area contributed by atoms with E-state index in [2.05, 4.69) is 30.0 Å². The van der Waals surface area contributed by atoms with E-state index in [0.717, 1.165) is 35.1 Å². The van der Waals surface area contributed by atoms with Crippen LogP contribution in [-0.2, 0) is 4.79 Å². The van der Waals surface area contributed by atoms with E-state index in [0.29, 0.717) is 0 Å². The molecule has 2 aromatic carbocycles. The normalized spacial score (nSPS) is 10.8. The first-order chi connectivity index (χ1) is 10.1. The Morgan fingerprint density at radius 2 is 1.86 bits per heavy atom. The van der Waals surface area contributed by atoms with Gasteiger partial charge in [-0.05, 0) is 55.3 Å². The van der Waals surface area contributed by atoms with Crippen LogP contribution in [0.15, 0.2) is 54.6 Å². The second kappa shape index (κ2) is 6.75. The van der Waals surface area contributed by atoms with Gasteiger partial charge in [0.25, 0.3) is 0 Å². The molecule has 0 fully saturated rings. The highest BCUT2D eigenvalue weighted by Crippen LogP contribution is 2.27. The van der Waals surface area contributed by atoms with Crippen molar-refractivity contribution in [3.05, 3.63) is 65.7 Å². The van der Waals surface area contributed by atoms with E-state index in [1.165, 1.54) is 0 Å². The quantitative estimate of drug-likeness (QED) is 0.833.